The summed E-state index contributed by atoms with van der Waals surface area (Å²) in [5, 5.41) is 9.46. The Hall–Kier alpha value is -1.46. The number of ether oxygens (including phenoxy) is 1. The second-order valence-corrected chi connectivity index (χ2v) is 5.03. The number of hydrogen-bond acceptors (Lipinski definition) is 3. The molecule has 0 saturated heterocycles. The maximum Gasteiger partial charge on any atom is 0.317 e. The lowest BCUT2D eigenvalue weighted by molar-refractivity contribution is -0.146. The summed E-state index contributed by atoms with van der Waals surface area (Å²) in [5.41, 5.74) is 4.19. The van der Waals surface area contributed by atoms with Crippen LogP contribution in [0.5, 0.6) is 0 Å². The fraction of sp³-hybridized carbons (Fsp3) is 0.500. The number of nitrogens with two attached hydrogens (primary N) is 1. The summed E-state index contributed by atoms with van der Waals surface area (Å²) in [7, 11) is 0. The quantitative estimate of drug-likeness (QED) is 0.786. The van der Waals surface area contributed by atoms with Crippen molar-refractivity contribution in [2.45, 2.75) is 18.3 Å². The van der Waals surface area contributed by atoms with E-state index in [4.69, 9.17) is 10.5 Å². The van der Waals surface area contributed by atoms with Gasteiger partial charge in [0.05, 0.1) is 6.61 Å². The highest BCUT2D eigenvalue weighted by atomic mass is 19.1. The van der Waals surface area contributed by atoms with Gasteiger partial charge in [0.1, 0.15) is 11.2 Å². The molecule has 4 nitrogen and oxygen atoms in total. The molecule has 1 aromatic rings. The van der Waals surface area contributed by atoms with E-state index in [-0.39, 0.29) is 18.7 Å². The zero-order valence-electron chi connectivity index (χ0n) is 10.6. The number of carboxylic acids is 1. The fourth-order valence-corrected chi connectivity index (χ4v) is 2.04. The maximum atomic E-state index is 13.9. The predicted octanol–water partition coefficient (Wildman–Crippen LogP) is 1.53. The van der Waals surface area contributed by atoms with Gasteiger partial charge in [-0.15, -0.1) is 0 Å². The lowest BCUT2D eigenvalue weighted by Crippen LogP contribution is -2.47. The fourth-order valence-electron chi connectivity index (χ4n) is 2.04. The summed E-state index contributed by atoms with van der Waals surface area (Å²) in [6.07, 6.45) is 2.23. The Morgan fingerprint density at radius 3 is 2.68 bits per heavy atom. The van der Waals surface area contributed by atoms with Crippen molar-refractivity contribution in [3.63, 3.8) is 0 Å². The van der Waals surface area contributed by atoms with Crippen LogP contribution in [0, 0.1) is 11.7 Å². The molecule has 0 aromatic heterocycles. The van der Waals surface area contributed by atoms with Crippen molar-refractivity contribution in [1.29, 1.82) is 0 Å². The Bertz CT molecular complexity index is 462. The molecule has 5 heteroatoms. The van der Waals surface area contributed by atoms with Crippen LogP contribution in [-0.4, -0.2) is 30.8 Å². The van der Waals surface area contributed by atoms with Crippen LogP contribution in [0.25, 0.3) is 0 Å². The third kappa shape index (κ3) is 2.93. The summed E-state index contributed by atoms with van der Waals surface area (Å²) in [5.74, 6) is -1.20. The van der Waals surface area contributed by atoms with Gasteiger partial charge in [-0.2, -0.15) is 0 Å². The Labute approximate surface area is 111 Å². The Morgan fingerprint density at radius 1 is 1.47 bits per heavy atom. The van der Waals surface area contributed by atoms with E-state index in [1.54, 1.807) is 6.07 Å². The van der Waals surface area contributed by atoms with E-state index in [9.17, 15) is 14.3 Å². The highest BCUT2D eigenvalue weighted by Crippen LogP contribution is 2.31. The van der Waals surface area contributed by atoms with E-state index in [2.05, 4.69) is 0 Å². The molecule has 1 aromatic carbocycles. The molecule has 2 rings (SSSR count). The zero-order chi connectivity index (χ0) is 13.9. The lowest BCUT2D eigenvalue weighted by atomic mass is 9.81. The first-order valence-electron chi connectivity index (χ1n) is 6.36. The van der Waals surface area contributed by atoms with E-state index in [0.29, 0.717) is 12.5 Å². The first-order valence-corrected chi connectivity index (χ1v) is 6.36. The van der Waals surface area contributed by atoms with E-state index >= 15 is 0 Å². The minimum atomic E-state index is -1.51. The number of rotatable bonds is 7. The third-order valence-corrected chi connectivity index (χ3v) is 3.55. The van der Waals surface area contributed by atoms with Crippen LogP contribution in [0.4, 0.5) is 4.39 Å². The molecule has 0 bridgehead atoms. The van der Waals surface area contributed by atoms with Gasteiger partial charge < -0.3 is 15.6 Å². The van der Waals surface area contributed by atoms with E-state index < -0.39 is 17.2 Å². The molecular weight excluding hydrogens is 249 g/mol. The number of carboxylic acid groups (broad SMARTS) is 1. The number of benzene rings is 1. The molecule has 104 valence electrons. The van der Waals surface area contributed by atoms with E-state index in [1.807, 2.05) is 0 Å². The molecule has 0 amide bonds. The molecule has 0 spiro atoms. The van der Waals surface area contributed by atoms with Gasteiger partial charge >= 0.3 is 5.97 Å². The van der Waals surface area contributed by atoms with E-state index in [1.165, 1.54) is 18.2 Å². The van der Waals surface area contributed by atoms with Crippen LogP contribution < -0.4 is 5.73 Å². The van der Waals surface area contributed by atoms with Crippen molar-refractivity contribution in [2.75, 3.05) is 19.8 Å². The number of aliphatic carboxylic acids is 1. The molecule has 1 fully saturated rings. The summed E-state index contributed by atoms with van der Waals surface area (Å²) < 4.78 is 19.3. The minimum Gasteiger partial charge on any atom is -0.480 e. The molecule has 0 radical (unpaired) electrons. The number of carbonyl (C=O) groups is 1. The van der Waals surface area contributed by atoms with Crippen LogP contribution in [0.3, 0.4) is 0 Å². The number of hydrogen-bond donors (Lipinski definition) is 2. The normalized spacial score (nSPS) is 18.0. The first kappa shape index (κ1) is 14.0. The predicted molar refractivity (Wildman–Crippen MR) is 68.3 cm³/mol. The maximum absolute atomic E-state index is 13.9. The van der Waals surface area contributed by atoms with Crippen molar-refractivity contribution in [2.24, 2.45) is 11.7 Å². The van der Waals surface area contributed by atoms with Gasteiger partial charge in [0, 0.05) is 18.7 Å². The summed E-state index contributed by atoms with van der Waals surface area (Å²) in [6.45, 7) is 0.216. The summed E-state index contributed by atoms with van der Waals surface area (Å²) in [6, 6.07) is 5.82. The SMILES string of the molecule is NCC(COCC1CC1)(C(=O)O)c1ccccc1F. The van der Waals surface area contributed by atoms with Crippen LogP contribution in [0.15, 0.2) is 24.3 Å². The average molecular weight is 267 g/mol. The molecule has 1 aliphatic rings. The van der Waals surface area contributed by atoms with Gasteiger partial charge in [-0.05, 0) is 24.8 Å². The van der Waals surface area contributed by atoms with Gasteiger partial charge in [-0.3, -0.25) is 4.79 Å². The monoisotopic (exact) mass is 267 g/mol. The zero-order valence-corrected chi connectivity index (χ0v) is 10.6. The van der Waals surface area contributed by atoms with Gasteiger partial charge in [-0.25, -0.2) is 4.39 Å². The summed E-state index contributed by atoms with van der Waals surface area (Å²) in [4.78, 5) is 11.6. The van der Waals surface area contributed by atoms with Crippen molar-refractivity contribution in [3.8, 4) is 0 Å². The molecule has 3 N–H and O–H groups in total. The molecule has 0 heterocycles. The van der Waals surface area contributed by atoms with E-state index in [0.717, 1.165) is 12.8 Å². The number of halogens is 1. The third-order valence-electron chi connectivity index (χ3n) is 3.55. The second kappa shape index (κ2) is 5.67. The summed E-state index contributed by atoms with van der Waals surface area (Å²) >= 11 is 0. The molecule has 1 unspecified atom stereocenters. The van der Waals surface area contributed by atoms with Crippen LogP contribution in [0.2, 0.25) is 0 Å². The van der Waals surface area contributed by atoms with Crippen molar-refractivity contribution >= 4 is 5.97 Å². The average Bonchev–Trinajstić information content (AvgIpc) is 3.20. The highest BCUT2D eigenvalue weighted by Gasteiger charge is 2.42. The van der Waals surface area contributed by atoms with Gasteiger partial charge in [0.2, 0.25) is 0 Å². The highest BCUT2D eigenvalue weighted by molar-refractivity contribution is 5.82. The van der Waals surface area contributed by atoms with Gasteiger partial charge in [0.25, 0.3) is 0 Å². The molecule has 1 saturated carbocycles. The van der Waals surface area contributed by atoms with Crippen LogP contribution in [0.1, 0.15) is 18.4 Å². The smallest absolute Gasteiger partial charge is 0.317 e. The second-order valence-electron chi connectivity index (χ2n) is 5.03. The Balaban J connectivity index is 2.21. The van der Waals surface area contributed by atoms with Crippen LogP contribution >= 0.6 is 0 Å². The first-order chi connectivity index (χ1) is 9.10. The Kier molecular flexibility index (Phi) is 4.17. The molecule has 1 aliphatic carbocycles. The van der Waals surface area contributed by atoms with Gasteiger partial charge in [0.15, 0.2) is 0 Å². The van der Waals surface area contributed by atoms with Crippen molar-refractivity contribution < 1.29 is 19.0 Å². The van der Waals surface area contributed by atoms with Crippen molar-refractivity contribution in [1.82, 2.24) is 0 Å². The topological polar surface area (TPSA) is 72.5 Å². The molecular formula is C14H18FNO3. The largest absolute Gasteiger partial charge is 0.480 e. The molecule has 1 atom stereocenters. The molecule has 19 heavy (non-hydrogen) atoms. The van der Waals surface area contributed by atoms with Gasteiger partial charge in [-0.1, -0.05) is 18.2 Å². The standard InChI is InChI=1S/C14H18FNO3/c15-12-4-2-1-3-11(12)14(8-16,13(17)18)9-19-7-10-5-6-10/h1-4,10H,5-9,16H2,(H,17,18). The van der Waals surface area contributed by atoms with Crippen molar-refractivity contribution in [3.05, 3.63) is 35.6 Å². The van der Waals surface area contributed by atoms with Crippen LogP contribution in [-0.2, 0) is 14.9 Å². The Morgan fingerprint density at radius 2 is 2.16 bits per heavy atom. The molecule has 0 aliphatic heterocycles. The minimum absolute atomic E-state index is 0.0841. The lowest BCUT2D eigenvalue weighted by Gasteiger charge is -2.28.